The number of carbonyl (C=O) groups is 2. The summed E-state index contributed by atoms with van der Waals surface area (Å²) < 4.78 is 81.0. The van der Waals surface area contributed by atoms with Gasteiger partial charge in [0, 0.05) is 38.3 Å². The van der Waals surface area contributed by atoms with Crippen molar-refractivity contribution in [3.05, 3.63) is 59.7 Å². The predicted octanol–water partition coefficient (Wildman–Crippen LogP) is 6.28. The van der Waals surface area contributed by atoms with Crippen molar-refractivity contribution >= 4 is 11.8 Å². The maximum Gasteiger partial charge on any atom is 0.573 e. The Bertz CT molecular complexity index is 926. The lowest BCUT2D eigenvalue weighted by Gasteiger charge is -2.18. The third-order valence-corrected chi connectivity index (χ3v) is 5.35. The van der Waals surface area contributed by atoms with Crippen molar-refractivity contribution in [2.45, 2.75) is 44.8 Å². The van der Waals surface area contributed by atoms with Crippen LogP contribution in [0, 0.1) is 0 Å². The predicted molar refractivity (Wildman–Crippen MR) is 123 cm³/mol. The highest BCUT2D eigenvalue weighted by Crippen LogP contribution is 2.24. The number of ether oxygens (including phenoxy) is 2. The lowest BCUT2D eigenvalue weighted by Crippen LogP contribution is -2.28. The van der Waals surface area contributed by atoms with Crippen LogP contribution in [0.15, 0.2) is 48.5 Å². The van der Waals surface area contributed by atoms with Crippen molar-refractivity contribution in [1.82, 2.24) is 9.80 Å². The molecule has 37 heavy (non-hydrogen) atoms. The summed E-state index contributed by atoms with van der Waals surface area (Å²) in [6.45, 7) is 0.956. The number of carbonyl (C=O) groups excluding carboxylic acids is 2. The molecule has 0 atom stereocenters. The van der Waals surface area contributed by atoms with Gasteiger partial charge in [-0.3, -0.25) is 9.59 Å². The van der Waals surface area contributed by atoms with Gasteiger partial charge in [0.15, 0.2) is 0 Å². The molecule has 2 amide bonds. The molecule has 0 saturated carbocycles. The molecule has 0 aliphatic carbocycles. The Morgan fingerprint density at radius 1 is 0.595 bits per heavy atom. The van der Waals surface area contributed by atoms with E-state index in [0.717, 1.165) is 56.4 Å². The van der Waals surface area contributed by atoms with Crippen LogP contribution in [0.4, 0.5) is 26.3 Å². The fraction of sp³-hybridized carbons (Fsp3) is 0.440. The zero-order valence-corrected chi connectivity index (χ0v) is 20.4. The first-order valence-corrected chi connectivity index (χ1v) is 11.5. The molecule has 204 valence electrons. The summed E-state index contributed by atoms with van der Waals surface area (Å²) in [7, 11) is 3.23. The molecule has 0 heterocycles. The van der Waals surface area contributed by atoms with Gasteiger partial charge in [0.05, 0.1) is 0 Å². The maximum atomic E-state index is 12.4. The van der Waals surface area contributed by atoms with Crippen LogP contribution in [0.25, 0.3) is 0 Å². The first-order valence-electron chi connectivity index (χ1n) is 11.5. The SMILES string of the molecule is CN(CCCCCCCN(C)C(=O)c1ccc(OC(F)(F)F)cc1)C(=O)c1ccc(OC(F)(F)F)cc1. The molecule has 0 bridgehead atoms. The lowest BCUT2D eigenvalue weighted by molar-refractivity contribution is -0.275. The topological polar surface area (TPSA) is 59.1 Å². The van der Waals surface area contributed by atoms with E-state index in [1.54, 1.807) is 14.1 Å². The molecule has 0 spiro atoms. The minimum atomic E-state index is -4.79. The molecule has 0 N–H and O–H groups in total. The first kappa shape index (κ1) is 29.8. The first-order chi connectivity index (χ1) is 17.2. The van der Waals surface area contributed by atoms with Crippen LogP contribution in [0.1, 0.15) is 52.8 Å². The van der Waals surface area contributed by atoms with E-state index in [2.05, 4.69) is 9.47 Å². The third kappa shape index (κ3) is 11.0. The number of unbranched alkanes of at least 4 members (excludes halogenated alkanes) is 4. The highest BCUT2D eigenvalue weighted by Gasteiger charge is 2.31. The van der Waals surface area contributed by atoms with Gasteiger partial charge in [0.2, 0.25) is 0 Å². The molecule has 0 aromatic heterocycles. The Labute approximate surface area is 210 Å². The van der Waals surface area contributed by atoms with Gasteiger partial charge in [-0.05, 0) is 61.4 Å². The quantitative estimate of drug-likeness (QED) is 0.238. The van der Waals surface area contributed by atoms with Gasteiger partial charge in [-0.2, -0.15) is 0 Å². The number of hydrogen-bond acceptors (Lipinski definition) is 4. The van der Waals surface area contributed by atoms with Crippen molar-refractivity contribution < 1.29 is 45.4 Å². The fourth-order valence-electron chi connectivity index (χ4n) is 3.47. The molecule has 0 unspecified atom stereocenters. The van der Waals surface area contributed by atoms with Crippen molar-refractivity contribution in [2.75, 3.05) is 27.2 Å². The molecule has 2 aromatic rings. The minimum absolute atomic E-state index is 0.257. The molecular formula is C25H28F6N2O4. The van der Waals surface area contributed by atoms with Crippen LogP contribution in [0.3, 0.4) is 0 Å². The van der Waals surface area contributed by atoms with E-state index in [0.29, 0.717) is 13.1 Å². The minimum Gasteiger partial charge on any atom is -0.406 e. The van der Waals surface area contributed by atoms with E-state index >= 15 is 0 Å². The van der Waals surface area contributed by atoms with E-state index in [4.69, 9.17) is 0 Å². The van der Waals surface area contributed by atoms with Crippen molar-refractivity contribution in [3.8, 4) is 11.5 Å². The zero-order valence-electron chi connectivity index (χ0n) is 20.4. The van der Waals surface area contributed by atoms with Gasteiger partial charge in [-0.25, -0.2) is 0 Å². The Morgan fingerprint density at radius 2 is 0.892 bits per heavy atom. The molecule has 0 aliphatic heterocycles. The van der Waals surface area contributed by atoms with Crippen molar-refractivity contribution in [2.24, 2.45) is 0 Å². The standard InChI is InChI=1S/C25H28F6N2O4/c1-32(22(34)18-8-12-20(13-9-18)36-24(26,27)28)16-6-4-3-5-7-17-33(2)23(35)19-10-14-21(15-11-19)37-25(29,30)31/h8-15H,3-7,16-17H2,1-2H3. The van der Waals surface area contributed by atoms with Gasteiger partial charge in [-0.15, -0.1) is 26.3 Å². The van der Waals surface area contributed by atoms with Gasteiger partial charge >= 0.3 is 12.7 Å². The highest BCUT2D eigenvalue weighted by atomic mass is 19.4. The van der Waals surface area contributed by atoms with E-state index in [9.17, 15) is 35.9 Å². The van der Waals surface area contributed by atoms with Crippen LogP contribution >= 0.6 is 0 Å². The Hall–Kier alpha value is -3.44. The third-order valence-electron chi connectivity index (χ3n) is 5.35. The summed E-state index contributed by atoms with van der Waals surface area (Å²) in [5.41, 5.74) is 0.513. The highest BCUT2D eigenvalue weighted by molar-refractivity contribution is 5.94. The second-order valence-electron chi connectivity index (χ2n) is 8.37. The maximum absolute atomic E-state index is 12.4. The molecule has 0 saturated heterocycles. The van der Waals surface area contributed by atoms with E-state index in [-0.39, 0.29) is 22.9 Å². The van der Waals surface area contributed by atoms with Gasteiger partial charge < -0.3 is 19.3 Å². The fourth-order valence-corrected chi connectivity index (χ4v) is 3.47. The molecule has 12 heteroatoms. The van der Waals surface area contributed by atoms with Crippen molar-refractivity contribution in [1.29, 1.82) is 0 Å². The molecule has 0 radical (unpaired) electrons. The lowest BCUT2D eigenvalue weighted by atomic mass is 10.1. The largest absolute Gasteiger partial charge is 0.573 e. The molecule has 2 rings (SSSR count). The second kappa shape index (κ2) is 13.2. The molecule has 2 aromatic carbocycles. The Morgan fingerprint density at radius 3 is 1.19 bits per heavy atom. The summed E-state index contributed by atoms with van der Waals surface area (Å²) >= 11 is 0. The summed E-state index contributed by atoms with van der Waals surface area (Å²) in [4.78, 5) is 27.8. The van der Waals surface area contributed by atoms with E-state index < -0.39 is 24.2 Å². The number of halogens is 6. The van der Waals surface area contributed by atoms with Crippen LogP contribution in [-0.4, -0.2) is 61.5 Å². The summed E-state index contributed by atoms with van der Waals surface area (Å²) in [6, 6.07) is 9.48. The van der Waals surface area contributed by atoms with E-state index in [1.807, 2.05) is 0 Å². The molecule has 0 aliphatic rings. The van der Waals surface area contributed by atoms with Crippen LogP contribution in [-0.2, 0) is 0 Å². The van der Waals surface area contributed by atoms with Gasteiger partial charge in [0.1, 0.15) is 11.5 Å². The number of alkyl halides is 6. The number of rotatable bonds is 12. The van der Waals surface area contributed by atoms with Gasteiger partial charge in [-0.1, -0.05) is 19.3 Å². The van der Waals surface area contributed by atoms with Gasteiger partial charge in [0.25, 0.3) is 11.8 Å². The number of hydrogen-bond donors (Lipinski definition) is 0. The smallest absolute Gasteiger partial charge is 0.406 e. The average Bonchev–Trinajstić information content (AvgIpc) is 2.81. The Kier molecular flexibility index (Phi) is 10.6. The summed E-state index contributed by atoms with van der Waals surface area (Å²) in [5, 5.41) is 0. The summed E-state index contributed by atoms with van der Waals surface area (Å²) in [6.07, 6.45) is -5.56. The molecular weight excluding hydrogens is 506 g/mol. The van der Waals surface area contributed by atoms with Crippen LogP contribution in [0.2, 0.25) is 0 Å². The van der Waals surface area contributed by atoms with Crippen LogP contribution < -0.4 is 9.47 Å². The molecule has 0 fully saturated rings. The summed E-state index contributed by atoms with van der Waals surface area (Å²) in [5.74, 6) is -1.41. The van der Waals surface area contributed by atoms with Crippen molar-refractivity contribution in [3.63, 3.8) is 0 Å². The number of benzene rings is 2. The number of nitrogens with zero attached hydrogens (tertiary/aromatic N) is 2. The average molecular weight is 534 g/mol. The second-order valence-corrected chi connectivity index (χ2v) is 8.37. The van der Waals surface area contributed by atoms with E-state index in [1.165, 1.54) is 34.1 Å². The van der Waals surface area contributed by atoms with Crippen LogP contribution in [0.5, 0.6) is 11.5 Å². The monoisotopic (exact) mass is 534 g/mol. The Balaban J connectivity index is 1.63. The number of amides is 2. The normalized spacial score (nSPS) is 11.7. The molecule has 6 nitrogen and oxygen atoms in total. The zero-order chi connectivity index (χ0) is 27.6.